The van der Waals surface area contributed by atoms with Crippen LogP contribution in [0.1, 0.15) is 17.2 Å². The predicted octanol–water partition coefficient (Wildman–Crippen LogP) is 3.70. The van der Waals surface area contributed by atoms with E-state index in [9.17, 15) is 0 Å². The van der Waals surface area contributed by atoms with E-state index in [1.165, 1.54) is 5.56 Å². The lowest BCUT2D eigenvalue weighted by molar-refractivity contribution is 0.0187. The fourth-order valence-electron chi connectivity index (χ4n) is 2.91. The van der Waals surface area contributed by atoms with E-state index in [0.29, 0.717) is 5.56 Å². The molecule has 24 heavy (non-hydrogen) atoms. The minimum atomic E-state index is 0.252. The number of morpholine rings is 1. The molecule has 1 heterocycles. The van der Waals surface area contributed by atoms with Crippen LogP contribution >= 0.6 is 11.6 Å². The van der Waals surface area contributed by atoms with Crippen LogP contribution in [0.25, 0.3) is 0 Å². The van der Waals surface area contributed by atoms with Crippen molar-refractivity contribution in [1.82, 2.24) is 4.90 Å². The van der Waals surface area contributed by atoms with E-state index in [1.54, 1.807) is 0 Å². The SMILES string of the molecule is N#Cc1ccc(NCC(c2ccc(Cl)cc2)N2CCOCC2)cc1. The molecule has 0 radical (unpaired) electrons. The van der Waals surface area contributed by atoms with Gasteiger partial charge in [-0.05, 0) is 42.0 Å². The zero-order valence-corrected chi connectivity index (χ0v) is 14.2. The first-order valence-corrected chi connectivity index (χ1v) is 8.45. The van der Waals surface area contributed by atoms with Gasteiger partial charge in [0.15, 0.2) is 0 Å². The van der Waals surface area contributed by atoms with Crippen LogP contribution in [0.3, 0.4) is 0 Å². The molecule has 4 nitrogen and oxygen atoms in total. The van der Waals surface area contributed by atoms with E-state index in [0.717, 1.165) is 43.6 Å². The summed E-state index contributed by atoms with van der Waals surface area (Å²) < 4.78 is 5.48. The van der Waals surface area contributed by atoms with E-state index in [4.69, 9.17) is 21.6 Å². The van der Waals surface area contributed by atoms with Crippen LogP contribution in [0.5, 0.6) is 0 Å². The number of halogens is 1. The summed E-state index contributed by atoms with van der Waals surface area (Å²) in [6.45, 7) is 4.15. The second kappa shape index (κ2) is 8.16. The zero-order valence-electron chi connectivity index (χ0n) is 13.4. The molecule has 0 amide bonds. The summed E-state index contributed by atoms with van der Waals surface area (Å²) >= 11 is 6.03. The second-order valence-electron chi connectivity index (χ2n) is 5.79. The third-order valence-electron chi connectivity index (χ3n) is 4.25. The highest BCUT2D eigenvalue weighted by Crippen LogP contribution is 2.24. The standard InChI is InChI=1S/C19H20ClN3O/c20-17-5-3-16(4-6-17)19(23-9-11-24-12-10-23)14-22-18-7-1-15(13-21)2-8-18/h1-8,19,22H,9-12,14H2. The van der Waals surface area contributed by atoms with Crippen LogP contribution in [-0.2, 0) is 4.74 Å². The molecule has 0 aliphatic carbocycles. The molecular formula is C19H20ClN3O. The van der Waals surface area contributed by atoms with Crippen molar-refractivity contribution in [3.63, 3.8) is 0 Å². The minimum absolute atomic E-state index is 0.252. The molecule has 1 saturated heterocycles. The smallest absolute Gasteiger partial charge is 0.0991 e. The summed E-state index contributed by atoms with van der Waals surface area (Å²) in [5.74, 6) is 0. The molecule has 1 aliphatic rings. The third-order valence-corrected chi connectivity index (χ3v) is 4.51. The number of nitriles is 1. The van der Waals surface area contributed by atoms with Gasteiger partial charge in [-0.15, -0.1) is 0 Å². The molecule has 2 aromatic carbocycles. The fraction of sp³-hybridized carbons (Fsp3) is 0.316. The summed E-state index contributed by atoms with van der Waals surface area (Å²) in [4.78, 5) is 2.43. The van der Waals surface area contributed by atoms with Crippen molar-refractivity contribution in [2.75, 3.05) is 38.2 Å². The summed E-state index contributed by atoms with van der Waals surface area (Å²) in [5, 5.41) is 13.1. The molecule has 0 bridgehead atoms. The Kier molecular flexibility index (Phi) is 5.71. The molecule has 1 unspecified atom stereocenters. The Bertz CT molecular complexity index is 688. The highest BCUT2D eigenvalue weighted by atomic mass is 35.5. The average molecular weight is 342 g/mol. The van der Waals surface area contributed by atoms with Crippen molar-refractivity contribution in [2.24, 2.45) is 0 Å². The lowest BCUT2D eigenvalue weighted by Crippen LogP contribution is -2.41. The molecule has 1 N–H and O–H groups in total. The minimum Gasteiger partial charge on any atom is -0.383 e. The number of anilines is 1. The van der Waals surface area contributed by atoms with Crippen molar-refractivity contribution in [1.29, 1.82) is 5.26 Å². The lowest BCUT2D eigenvalue weighted by Gasteiger charge is -2.35. The van der Waals surface area contributed by atoms with Gasteiger partial charge in [-0.25, -0.2) is 0 Å². The van der Waals surface area contributed by atoms with Crippen molar-refractivity contribution in [3.05, 3.63) is 64.7 Å². The van der Waals surface area contributed by atoms with E-state index in [-0.39, 0.29) is 6.04 Å². The maximum atomic E-state index is 8.89. The first kappa shape index (κ1) is 16.8. The molecule has 5 heteroatoms. The van der Waals surface area contributed by atoms with Crippen molar-refractivity contribution in [3.8, 4) is 6.07 Å². The van der Waals surface area contributed by atoms with Gasteiger partial charge in [0.2, 0.25) is 0 Å². The number of hydrogen-bond acceptors (Lipinski definition) is 4. The van der Waals surface area contributed by atoms with Gasteiger partial charge in [0.05, 0.1) is 30.9 Å². The Morgan fingerprint density at radius 1 is 1.08 bits per heavy atom. The quantitative estimate of drug-likeness (QED) is 0.901. The van der Waals surface area contributed by atoms with Gasteiger partial charge in [0, 0.05) is 30.3 Å². The molecule has 0 aromatic heterocycles. The number of nitrogens with zero attached hydrogens (tertiary/aromatic N) is 2. The van der Waals surface area contributed by atoms with Crippen LogP contribution in [0, 0.1) is 11.3 Å². The Hall–Kier alpha value is -2.06. The molecule has 1 aliphatic heterocycles. The molecular weight excluding hydrogens is 322 g/mol. The van der Waals surface area contributed by atoms with Gasteiger partial charge in [-0.3, -0.25) is 4.90 Å². The molecule has 2 aromatic rings. The Morgan fingerprint density at radius 3 is 2.38 bits per heavy atom. The molecule has 1 fully saturated rings. The van der Waals surface area contributed by atoms with E-state index in [2.05, 4.69) is 28.4 Å². The van der Waals surface area contributed by atoms with E-state index >= 15 is 0 Å². The number of benzene rings is 2. The largest absolute Gasteiger partial charge is 0.383 e. The highest BCUT2D eigenvalue weighted by Gasteiger charge is 2.22. The van der Waals surface area contributed by atoms with Gasteiger partial charge >= 0.3 is 0 Å². The fourth-order valence-corrected chi connectivity index (χ4v) is 3.03. The van der Waals surface area contributed by atoms with Gasteiger partial charge in [0.25, 0.3) is 0 Å². The van der Waals surface area contributed by atoms with Gasteiger partial charge in [-0.1, -0.05) is 23.7 Å². The average Bonchev–Trinajstić information content (AvgIpc) is 2.65. The summed E-state index contributed by atoms with van der Waals surface area (Å²) in [6.07, 6.45) is 0. The first-order chi connectivity index (χ1) is 11.8. The Morgan fingerprint density at radius 2 is 1.75 bits per heavy atom. The van der Waals surface area contributed by atoms with Crippen LogP contribution in [-0.4, -0.2) is 37.7 Å². The van der Waals surface area contributed by atoms with Gasteiger partial charge in [-0.2, -0.15) is 5.26 Å². The predicted molar refractivity (Wildman–Crippen MR) is 96.2 cm³/mol. The summed E-state index contributed by atoms with van der Waals surface area (Å²) in [5.41, 5.74) is 2.92. The third kappa shape index (κ3) is 4.27. The lowest BCUT2D eigenvalue weighted by atomic mass is 10.0. The van der Waals surface area contributed by atoms with Crippen LogP contribution in [0.2, 0.25) is 5.02 Å². The maximum Gasteiger partial charge on any atom is 0.0991 e. The molecule has 0 spiro atoms. The monoisotopic (exact) mass is 341 g/mol. The molecule has 3 rings (SSSR count). The maximum absolute atomic E-state index is 8.89. The van der Waals surface area contributed by atoms with Crippen molar-refractivity contribution in [2.45, 2.75) is 6.04 Å². The molecule has 0 saturated carbocycles. The normalized spacial score (nSPS) is 16.3. The molecule has 124 valence electrons. The van der Waals surface area contributed by atoms with Crippen LogP contribution < -0.4 is 5.32 Å². The summed E-state index contributed by atoms with van der Waals surface area (Å²) in [6, 6.07) is 18.0. The van der Waals surface area contributed by atoms with E-state index in [1.807, 2.05) is 36.4 Å². The van der Waals surface area contributed by atoms with Crippen LogP contribution in [0.15, 0.2) is 48.5 Å². The van der Waals surface area contributed by atoms with E-state index < -0.39 is 0 Å². The zero-order chi connectivity index (χ0) is 16.8. The summed E-state index contributed by atoms with van der Waals surface area (Å²) in [7, 11) is 0. The van der Waals surface area contributed by atoms with Crippen molar-refractivity contribution >= 4 is 17.3 Å². The number of ether oxygens (including phenoxy) is 1. The van der Waals surface area contributed by atoms with Crippen LogP contribution in [0.4, 0.5) is 5.69 Å². The van der Waals surface area contributed by atoms with Crippen molar-refractivity contribution < 1.29 is 4.74 Å². The highest BCUT2D eigenvalue weighted by molar-refractivity contribution is 6.30. The first-order valence-electron chi connectivity index (χ1n) is 8.07. The Labute approximate surface area is 147 Å². The molecule has 1 atom stereocenters. The number of rotatable bonds is 5. The van der Waals surface area contributed by atoms with Gasteiger partial charge < -0.3 is 10.1 Å². The number of hydrogen-bond donors (Lipinski definition) is 1. The van der Waals surface area contributed by atoms with Gasteiger partial charge in [0.1, 0.15) is 0 Å². The topological polar surface area (TPSA) is 48.3 Å². The second-order valence-corrected chi connectivity index (χ2v) is 6.22. The Balaban J connectivity index is 1.73. The number of nitrogens with one attached hydrogen (secondary N) is 1.